The van der Waals surface area contributed by atoms with Gasteiger partial charge in [-0.15, -0.1) is 0 Å². The van der Waals surface area contributed by atoms with Crippen LogP contribution in [0, 0.1) is 21.4 Å². The number of halogens is 6. The molecule has 0 saturated heterocycles. The number of carboxylic acid groups (broad SMARTS) is 2. The van der Waals surface area contributed by atoms with Gasteiger partial charge in [-0.25, -0.2) is 0 Å². The van der Waals surface area contributed by atoms with Crippen LogP contribution >= 0.6 is 136 Å². The number of hydrogen-bond donors (Lipinski definition) is 14. The lowest BCUT2D eigenvalue weighted by molar-refractivity contribution is -0.147. The molecule has 0 aliphatic carbocycles. The van der Waals surface area contributed by atoms with Gasteiger partial charge in [-0.05, 0) is 136 Å². The topological polar surface area (TPSA) is 387 Å². The predicted molar refractivity (Wildman–Crippen MR) is 269 cm³/mol. The Labute approximate surface area is 430 Å². The SMILES string of the molecule is CN(CC(O)CO)C(=O)c1c(I)c(N)c(I)c(C(=O)NCC(O)CO)c1I.CN(CC(O)CO)C(=O)c1c(I)c(N)c(I)c(C(=O)NCC(O)CO)c1I.O=C(O)CC(=O)O. The number of nitrogen functional groups attached to an aromatic ring is 2. The van der Waals surface area contributed by atoms with Gasteiger partial charge in [0.25, 0.3) is 23.6 Å². The van der Waals surface area contributed by atoms with Crippen molar-refractivity contribution in [1.82, 2.24) is 20.4 Å². The number of aliphatic hydroxyl groups is 8. The normalized spacial score (nSPS) is 12.6. The number of aliphatic hydroxyl groups excluding tert-OH is 8. The first-order chi connectivity index (χ1) is 28.2. The van der Waals surface area contributed by atoms with Gasteiger partial charge in [0.2, 0.25) is 0 Å². The minimum absolute atomic E-state index is 0.0857. The standard InChI is InChI=1S/2C15H20I3N3O6.C3H4O4/c2*1-21(3-7(25)5-23)15(27)9-10(16)8(11(17)13(19)12(9)18)14(26)20-2-6(24)4-22;4-2(5)1-3(6)7/h2*6-7,22-25H,2-5,19H2,1H3,(H,20,26);1H2,(H,4,5)(H,6,7). The third-order valence-corrected chi connectivity index (χ3v) is 14.0. The number of anilines is 2. The van der Waals surface area contributed by atoms with Crippen LogP contribution in [0.1, 0.15) is 47.9 Å². The second-order valence-electron chi connectivity index (χ2n) is 12.3. The molecule has 0 aliphatic heterocycles. The number of rotatable bonds is 18. The van der Waals surface area contributed by atoms with E-state index in [0.717, 1.165) is 0 Å². The largest absolute Gasteiger partial charge is 0.481 e. The molecule has 61 heavy (non-hydrogen) atoms. The van der Waals surface area contributed by atoms with Crippen LogP contribution in [0.4, 0.5) is 11.4 Å². The van der Waals surface area contributed by atoms with Gasteiger partial charge in [0.1, 0.15) is 6.42 Å². The maximum absolute atomic E-state index is 12.8. The van der Waals surface area contributed by atoms with Gasteiger partial charge < -0.3 is 83.0 Å². The average molecular weight is 1540 g/mol. The van der Waals surface area contributed by atoms with Crippen molar-refractivity contribution in [2.45, 2.75) is 30.8 Å². The van der Waals surface area contributed by atoms with Crippen molar-refractivity contribution in [2.24, 2.45) is 0 Å². The van der Waals surface area contributed by atoms with Gasteiger partial charge in [-0.1, -0.05) is 0 Å². The van der Waals surface area contributed by atoms with E-state index in [1.807, 2.05) is 136 Å². The van der Waals surface area contributed by atoms with Gasteiger partial charge in [-0.2, -0.15) is 0 Å². The van der Waals surface area contributed by atoms with Crippen LogP contribution in [0.25, 0.3) is 0 Å². The maximum atomic E-state index is 12.8. The minimum Gasteiger partial charge on any atom is -0.481 e. The van der Waals surface area contributed by atoms with Crippen LogP contribution < -0.4 is 22.1 Å². The molecule has 28 heteroatoms. The summed E-state index contributed by atoms with van der Waals surface area (Å²) in [5.41, 5.74) is 13.5. The number of amides is 4. The van der Waals surface area contributed by atoms with Gasteiger partial charge >= 0.3 is 11.9 Å². The van der Waals surface area contributed by atoms with E-state index in [1.165, 1.54) is 23.9 Å². The van der Waals surface area contributed by atoms with Crippen LogP contribution in [0.15, 0.2) is 0 Å². The van der Waals surface area contributed by atoms with Gasteiger partial charge in [0.05, 0.1) is 98.8 Å². The fourth-order valence-electron chi connectivity index (χ4n) is 4.29. The summed E-state index contributed by atoms with van der Waals surface area (Å²) in [5, 5.41) is 94.0. The fourth-order valence-corrected chi connectivity index (χ4v) is 12.5. The lowest BCUT2D eigenvalue weighted by Crippen LogP contribution is -2.38. The number of carbonyl (C=O) groups excluding carboxylic acids is 4. The minimum atomic E-state index is -1.31. The van der Waals surface area contributed by atoms with E-state index in [1.54, 1.807) is 0 Å². The molecule has 0 aromatic heterocycles. The van der Waals surface area contributed by atoms with E-state index in [-0.39, 0.29) is 59.8 Å². The number of nitrogens with two attached hydrogens (primary N) is 2. The van der Waals surface area contributed by atoms with Gasteiger partial charge in [-0.3, -0.25) is 28.8 Å². The zero-order chi connectivity index (χ0) is 47.6. The zero-order valence-corrected chi connectivity index (χ0v) is 44.9. The molecule has 0 aliphatic rings. The van der Waals surface area contributed by atoms with Crippen molar-refractivity contribution < 1.29 is 79.8 Å². The molecule has 0 saturated carbocycles. The fraction of sp³-hybridized carbons (Fsp3) is 0.455. The Hall–Kier alpha value is -1.08. The van der Waals surface area contributed by atoms with Crippen molar-refractivity contribution >= 4 is 182 Å². The monoisotopic (exact) mass is 1540 g/mol. The third-order valence-electron chi connectivity index (χ3n) is 7.39. The summed E-state index contributed by atoms with van der Waals surface area (Å²) in [5.74, 6) is -4.61. The first kappa shape index (κ1) is 59.9. The average Bonchev–Trinajstić information content (AvgIpc) is 3.19. The molecule has 16 N–H and O–H groups in total. The Balaban J connectivity index is 0.00000102. The van der Waals surface area contributed by atoms with E-state index in [0.29, 0.717) is 21.4 Å². The van der Waals surface area contributed by atoms with Crippen LogP contribution in [-0.2, 0) is 9.59 Å². The molecule has 0 heterocycles. The van der Waals surface area contributed by atoms with Gasteiger partial charge in [0.15, 0.2) is 0 Å². The summed E-state index contributed by atoms with van der Waals surface area (Å²) in [4.78, 5) is 72.2. The van der Waals surface area contributed by atoms with Crippen molar-refractivity contribution in [3.05, 3.63) is 43.7 Å². The molecule has 2 rings (SSSR count). The molecule has 22 nitrogen and oxygen atoms in total. The second kappa shape index (κ2) is 29.5. The Morgan fingerprint density at radius 2 is 0.770 bits per heavy atom. The molecule has 4 amide bonds. The Bertz CT molecular complexity index is 1770. The van der Waals surface area contributed by atoms with Crippen LogP contribution in [0.3, 0.4) is 0 Å². The third kappa shape index (κ3) is 18.7. The van der Waals surface area contributed by atoms with E-state index >= 15 is 0 Å². The lowest BCUT2D eigenvalue weighted by Gasteiger charge is -2.23. The molecular formula is C33H44I6N6O16. The summed E-state index contributed by atoms with van der Waals surface area (Å²) in [6.45, 7) is -2.44. The number of aliphatic carboxylic acids is 2. The number of likely N-dealkylation sites (N-methyl/N-ethyl adjacent to an activating group) is 2. The molecular weight excluding hydrogens is 1500 g/mol. The van der Waals surface area contributed by atoms with Crippen LogP contribution in [0.5, 0.6) is 0 Å². The summed E-state index contributed by atoms with van der Waals surface area (Å²) < 4.78 is 2.63. The van der Waals surface area contributed by atoms with Crippen LogP contribution in [-0.4, -0.2) is 188 Å². The number of carboxylic acids is 2. The number of benzene rings is 2. The summed E-state index contributed by atoms with van der Waals surface area (Å²) in [7, 11) is 2.94. The smallest absolute Gasteiger partial charge is 0.314 e. The van der Waals surface area contributed by atoms with E-state index < -0.39 is 92.8 Å². The summed E-state index contributed by atoms with van der Waals surface area (Å²) in [6.07, 6.45) is -5.17. The highest BCUT2D eigenvalue weighted by Crippen LogP contribution is 2.36. The van der Waals surface area contributed by atoms with Crippen LogP contribution in [0.2, 0.25) is 0 Å². The van der Waals surface area contributed by atoms with E-state index in [4.69, 9.17) is 42.1 Å². The summed E-state index contributed by atoms with van der Waals surface area (Å²) >= 11 is 11.5. The van der Waals surface area contributed by atoms with Crippen molar-refractivity contribution in [2.75, 3.05) is 78.2 Å². The Kier molecular flexibility index (Phi) is 28.9. The van der Waals surface area contributed by atoms with Gasteiger partial charge in [0, 0.05) is 47.4 Å². The Morgan fingerprint density at radius 3 is 1.00 bits per heavy atom. The lowest BCUT2D eigenvalue weighted by atomic mass is 10.1. The quantitative estimate of drug-likeness (QED) is 0.0470. The highest BCUT2D eigenvalue weighted by Gasteiger charge is 2.30. The van der Waals surface area contributed by atoms with E-state index in [2.05, 4.69) is 10.6 Å². The van der Waals surface area contributed by atoms with Crippen molar-refractivity contribution in [3.8, 4) is 0 Å². The number of hydrogen-bond acceptors (Lipinski definition) is 16. The number of nitrogens with one attached hydrogen (secondary N) is 2. The Morgan fingerprint density at radius 1 is 0.508 bits per heavy atom. The zero-order valence-electron chi connectivity index (χ0n) is 31.9. The molecule has 4 atom stereocenters. The maximum Gasteiger partial charge on any atom is 0.314 e. The molecule has 0 bridgehead atoms. The number of nitrogens with zero attached hydrogens (tertiary/aromatic N) is 2. The number of carbonyl (C=O) groups is 6. The van der Waals surface area contributed by atoms with Crippen molar-refractivity contribution in [1.29, 1.82) is 0 Å². The first-order valence-corrected chi connectivity index (χ1v) is 23.3. The molecule has 2 aromatic rings. The highest BCUT2D eigenvalue weighted by atomic mass is 127. The molecule has 4 unspecified atom stereocenters. The molecule has 0 spiro atoms. The molecule has 0 radical (unpaired) electrons. The molecule has 2 aromatic carbocycles. The predicted octanol–water partition coefficient (Wildman–Crippen LogP) is -1.27. The first-order valence-electron chi connectivity index (χ1n) is 16.8. The van der Waals surface area contributed by atoms with E-state index in [9.17, 15) is 49.2 Å². The molecule has 344 valence electrons. The molecule has 0 fully saturated rings. The second-order valence-corrected chi connectivity index (χ2v) is 18.8. The highest BCUT2D eigenvalue weighted by molar-refractivity contribution is 14.1. The summed E-state index contributed by atoms with van der Waals surface area (Å²) in [6, 6.07) is 0. The van der Waals surface area contributed by atoms with Crippen molar-refractivity contribution in [3.63, 3.8) is 0 Å².